The van der Waals surface area contributed by atoms with Crippen LogP contribution in [0.4, 0.5) is 0 Å². The Kier molecular flexibility index (Phi) is 3.27. The molecule has 0 N–H and O–H groups in total. The number of hydrogen-bond donors (Lipinski definition) is 0. The van der Waals surface area contributed by atoms with E-state index in [-0.39, 0.29) is 6.61 Å². The summed E-state index contributed by atoms with van der Waals surface area (Å²) >= 11 is 0. The molecule has 0 saturated carbocycles. The highest BCUT2D eigenvalue weighted by atomic mass is 16.6. The lowest BCUT2D eigenvalue weighted by atomic mass is 10.1. The van der Waals surface area contributed by atoms with E-state index in [0.29, 0.717) is 12.2 Å². The molecule has 1 aliphatic rings. The summed E-state index contributed by atoms with van der Waals surface area (Å²) in [5, 5.41) is 0. The Hall–Kier alpha value is -2.05. The van der Waals surface area contributed by atoms with Gasteiger partial charge in [0.25, 0.3) is 0 Å². The standard InChI is InChI=1S/C14H12O3/c1-2-14(9-6-10-17-14)11-16-13(15)12-7-4-3-5-8-12/h1,3-9H,10-11H2. The van der Waals surface area contributed by atoms with Crippen LogP contribution >= 0.6 is 0 Å². The van der Waals surface area contributed by atoms with Gasteiger partial charge in [0.2, 0.25) is 0 Å². The average molecular weight is 228 g/mol. The van der Waals surface area contributed by atoms with Gasteiger partial charge >= 0.3 is 5.97 Å². The third kappa shape index (κ3) is 2.55. The van der Waals surface area contributed by atoms with Gasteiger partial charge in [-0.15, -0.1) is 6.42 Å². The fraction of sp³-hybridized carbons (Fsp3) is 0.214. The number of benzene rings is 1. The van der Waals surface area contributed by atoms with E-state index < -0.39 is 11.6 Å². The highest BCUT2D eigenvalue weighted by Gasteiger charge is 2.30. The van der Waals surface area contributed by atoms with Crippen molar-refractivity contribution >= 4 is 5.97 Å². The molecule has 1 heterocycles. The maximum absolute atomic E-state index is 11.7. The number of terminal acetylenes is 1. The van der Waals surface area contributed by atoms with Crippen molar-refractivity contribution in [2.24, 2.45) is 0 Å². The van der Waals surface area contributed by atoms with Crippen LogP contribution in [0.25, 0.3) is 0 Å². The minimum absolute atomic E-state index is 0.0354. The lowest BCUT2D eigenvalue weighted by Crippen LogP contribution is -2.32. The van der Waals surface area contributed by atoms with Crippen molar-refractivity contribution in [2.75, 3.05) is 13.2 Å². The summed E-state index contributed by atoms with van der Waals surface area (Å²) in [6.07, 6.45) is 8.93. The maximum Gasteiger partial charge on any atom is 0.338 e. The molecule has 1 aromatic rings. The molecule has 1 atom stereocenters. The first-order valence-corrected chi connectivity index (χ1v) is 5.27. The summed E-state index contributed by atoms with van der Waals surface area (Å²) in [4.78, 5) is 11.7. The zero-order chi connectivity index (χ0) is 12.1. The first-order valence-electron chi connectivity index (χ1n) is 5.27. The summed E-state index contributed by atoms with van der Waals surface area (Å²) in [7, 11) is 0. The van der Waals surface area contributed by atoms with E-state index in [2.05, 4.69) is 5.92 Å². The van der Waals surface area contributed by atoms with Gasteiger partial charge in [-0.3, -0.25) is 0 Å². The van der Waals surface area contributed by atoms with Gasteiger partial charge in [-0.2, -0.15) is 0 Å². The zero-order valence-corrected chi connectivity index (χ0v) is 9.26. The number of ether oxygens (including phenoxy) is 2. The van der Waals surface area contributed by atoms with Crippen molar-refractivity contribution < 1.29 is 14.3 Å². The predicted octanol–water partition coefficient (Wildman–Crippen LogP) is 1.80. The number of hydrogen-bond acceptors (Lipinski definition) is 3. The van der Waals surface area contributed by atoms with Gasteiger partial charge in [-0.05, 0) is 18.2 Å². The Balaban J connectivity index is 1.97. The van der Waals surface area contributed by atoms with Gasteiger partial charge in [-0.25, -0.2) is 4.79 Å². The second-order valence-electron chi connectivity index (χ2n) is 3.69. The van der Waals surface area contributed by atoms with Crippen LogP contribution in [0.15, 0.2) is 42.5 Å². The third-order valence-electron chi connectivity index (χ3n) is 2.50. The van der Waals surface area contributed by atoms with Gasteiger partial charge in [0.1, 0.15) is 6.61 Å². The molecule has 0 saturated heterocycles. The fourth-order valence-electron chi connectivity index (χ4n) is 1.53. The Morgan fingerprint density at radius 2 is 2.24 bits per heavy atom. The van der Waals surface area contributed by atoms with Gasteiger partial charge in [0.05, 0.1) is 12.2 Å². The van der Waals surface area contributed by atoms with Gasteiger partial charge < -0.3 is 9.47 Å². The molecule has 0 radical (unpaired) electrons. The Morgan fingerprint density at radius 3 is 2.82 bits per heavy atom. The minimum Gasteiger partial charge on any atom is -0.458 e. The highest BCUT2D eigenvalue weighted by Crippen LogP contribution is 2.19. The van der Waals surface area contributed by atoms with E-state index in [1.54, 1.807) is 30.3 Å². The summed E-state index contributed by atoms with van der Waals surface area (Å²) in [5.41, 5.74) is -0.397. The van der Waals surface area contributed by atoms with Crippen LogP contribution in [-0.2, 0) is 9.47 Å². The molecule has 0 amide bonds. The topological polar surface area (TPSA) is 35.5 Å². The van der Waals surface area contributed by atoms with E-state index in [9.17, 15) is 4.79 Å². The van der Waals surface area contributed by atoms with E-state index in [1.807, 2.05) is 12.1 Å². The molecule has 1 aliphatic heterocycles. The SMILES string of the molecule is C#CC1(COC(=O)c2ccccc2)C=CCO1. The number of carbonyl (C=O) groups is 1. The number of esters is 1. The van der Waals surface area contributed by atoms with Crippen LogP contribution in [-0.4, -0.2) is 24.8 Å². The van der Waals surface area contributed by atoms with Crippen LogP contribution in [0, 0.1) is 12.3 Å². The monoisotopic (exact) mass is 228 g/mol. The van der Waals surface area contributed by atoms with Gasteiger partial charge in [-0.1, -0.05) is 30.2 Å². The number of rotatable bonds is 3. The quantitative estimate of drug-likeness (QED) is 0.449. The van der Waals surface area contributed by atoms with E-state index in [1.165, 1.54) is 0 Å². The number of carbonyl (C=O) groups excluding carboxylic acids is 1. The molecule has 2 rings (SSSR count). The van der Waals surface area contributed by atoms with Crippen LogP contribution in [0.5, 0.6) is 0 Å². The average Bonchev–Trinajstić information content (AvgIpc) is 2.86. The van der Waals surface area contributed by atoms with Gasteiger partial charge in [0.15, 0.2) is 5.60 Å². The van der Waals surface area contributed by atoms with E-state index in [0.717, 1.165) is 0 Å². The fourth-order valence-corrected chi connectivity index (χ4v) is 1.53. The largest absolute Gasteiger partial charge is 0.458 e. The molecule has 3 nitrogen and oxygen atoms in total. The molecule has 0 fully saturated rings. The van der Waals surface area contributed by atoms with Crippen molar-refractivity contribution in [1.29, 1.82) is 0 Å². The Morgan fingerprint density at radius 1 is 1.47 bits per heavy atom. The molecule has 0 aromatic heterocycles. The third-order valence-corrected chi connectivity index (χ3v) is 2.50. The molecule has 3 heteroatoms. The summed E-state index contributed by atoms with van der Waals surface area (Å²) in [6.45, 7) is 0.487. The van der Waals surface area contributed by atoms with Crippen molar-refractivity contribution in [3.05, 3.63) is 48.0 Å². The summed E-state index contributed by atoms with van der Waals surface area (Å²) < 4.78 is 10.5. The van der Waals surface area contributed by atoms with Crippen LogP contribution in [0.3, 0.4) is 0 Å². The second kappa shape index (κ2) is 4.86. The highest BCUT2D eigenvalue weighted by molar-refractivity contribution is 5.89. The molecule has 0 spiro atoms. The van der Waals surface area contributed by atoms with Crippen LogP contribution in [0.1, 0.15) is 10.4 Å². The lowest BCUT2D eigenvalue weighted by molar-refractivity contribution is -0.00242. The van der Waals surface area contributed by atoms with Gasteiger partial charge in [0, 0.05) is 0 Å². The van der Waals surface area contributed by atoms with E-state index >= 15 is 0 Å². The van der Waals surface area contributed by atoms with Crippen molar-refractivity contribution in [2.45, 2.75) is 5.60 Å². The lowest BCUT2D eigenvalue weighted by Gasteiger charge is -2.20. The Bertz CT molecular complexity index is 470. The molecule has 86 valence electrons. The van der Waals surface area contributed by atoms with Crippen molar-refractivity contribution in [1.82, 2.24) is 0 Å². The molecule has 0 bridgehead atoms. The first kappa shape index (κ1) is 11.4. The van der Waals surface area contributed by atoms with Crippen LogP contribution in [0.2, 0.25) is 0 Å². The van der Waals surface area contributed by atoms with Crippen LogP contribution < -0.4 is 0 Å². The molecule has 0 aliphatic carbocycles. The summed E-state index contributed by atoms with van der Waals surface area (Å²) in [6, 6.07) is 8.77. The molecule has 17 heavy (non-hydrogen) atoms. The molecular formula is C14H12O3. The van der Waals surface area contributed by atoms with Crippen molar-refractivity contribution in [3.8, 4) is 12.3 Å². The summed E-state index contributed by atoms with van der Waals surface area (Å²) in [5.74, 6) is 2.10. The predicted molar refractivity (Wildman–Crippen MR) is 63.4 cm³/mol. The minimum atomic E-state index is -0.898. The smallest absolute Gasteiger partial charge is 0.338 e. The second-order valence-corrected chi connectivity index (χ2v) is 3.69. The van der Waals surface area contributed by atoms with E-state index in [4.69, 9.17) is 15.9 Å². The molecule has 1 unspecified atom stereocenters. The zero-order valence-electron chi connectivity index (χ0n) is 9.26. The van der Waals surface area contributed by atoms with Crippen molar-refractivity contribution in [3.63, 3.8) is 0 Å². The Labute approximate surface area is 100 Å². The normalized spacial score (nSPS) is 22.1. The maximum atomic E-state index is 11.7. The molecular weight excluding hydrogens is 216 g/mol. The molecule has 1 aromatic carbocycles. The first-order chi connectivity index (χ1) is 8.26.